The van der Waals surface area contributed by atoms with Gasteiger partial charge in [0.25, 0.3) is 0 Å². The van der Waals surface area contributed by atoms with Crippen molar-refractivity contribution in [1.29, 1.82) is 0 Å². The quantitative estimate of drug-likeness (QED) is 0.804. The van der Waals surface area contributed by atoms with E-state index in [1.54, 1.807) is 0 Å². The summed E-state index contributed by atoms with van der Waals surface area (Å²) in [5.74, 6) is 0. The lowest BCUT2D eigenvalue weighted by molar-refractivity contribution is 0.282. The normalized spacial score (nSPS) is 16.9. The Morgan fingerprint density at radius 1 is 1.18 bits per heavy atom. The second-order valence-corrected chi connectivity index (χ2v) is 4.90. The predicted molar refractivity (Wildman–Crippen MR) is 72.9 cm³/mol. The van der Waals surface area contributed by atoms with Crippen LogP contribution in [-0.2, 0) is 13.0 Å². The van der Waals surface area contributed by atoms with E-state index in [1.165, 1.54) is 29.7 Å². The van der Waals surface area contributed by atoms with Crippen LogP contribution in [-0.4, -0.2) is 24.5 Å². The molecule has 0 aromatic heterocycles. The first-order chi connectivity index (χ1) is 8.28. The summed E-state index contributed by atoms with van der Waals surface area (Å²) in [7, 11) is 0. The summed E-state index contributed by atoms with van der Waals surface area (Å²) in [4.78, 5) is 2.51. The first-order valence-corrected chi connectivity index (χ1v) is 6.44. The van der Waals surface area contributed by atoms with Crippen molar-refractivity contribution in [3.05, 3.63) is 47.0 Å². The molecule has 0 radical (unpaired) electrons. The lowest BCUT2D eigenvalue weighted by Crippen LogP contribution is -2.28. The van der Waals surface area contributed by atoms with Crippen molar-refractivity contribution >= 4 is 0 Å². The number of nitrogens with zero attached hydrogens (tertiary/aromatic N) is 1. The minimum atomic E-state index is 0.732. The highest BCUT2D eigenvalue weighted by molar-refractivity contribution is 5.23. The number of hydrogen-bond donors (Lipinski definition) is 1. The van der Waals surface area contributed by atoms with Crippen LogP contribution in [0, 0.1) is 0 Å². The Morgan fingerprint density at radius 2 is 1.88 bits per heavy atom. The molecule has 1 heterocycles. The fourth-order valence-corrected chi connectivity index (χ4v) is 2.36. The SMILES string of the molecule is CC1=CCCN(Cc2ccc(CCN)cc2)C1. The van der Waals surface area contributed by atoms with E-state index in [0.717, 1.165) is 26.1 Å². The van der Waals surface area contributed by atoms with E-state index in [0.29, 0.717) is 0 Å². The highest BCUT2D eigenvalue weighted by Crippen LogP contribution is 2.13. The molecule has 0 unspecified atom stereocenters. The standard InChI is InChI=1S/C15H22N2/c1-13-3-2-10-17(11-13)12-15-6-4-14(5-7-15)8-9-16/h3-7H,2,8-12,16H2,1H3. The molecule has 1 aromatic carbocycles. The molecule has 0 saturated carbocycles. The molecule has 1 aromatic rings. The van der Waals surface area contributed by atoms with Crippen LogP contribution >= 0.6 is 0 Å². The molecule has 0 spiro atoms. The van der Waals surface area contributed by atoms with Gasteiger partial charge >= 0.3 is 0 Å². The summed E-state index contributed by atoms with van der Waals surface area (Å²) in [6.45, 7) is 6.31. The maximum Gasteiger partial charge on any atom is 0.0237 e. The van der Waals surface area contributed by atoms with Gasteiger partial charge < -0.3 is 5.73 Å². The van der Waals surface area contributed by atoms with Gasteiger partial charge in [-0.25, -0.2) is 0 Å². The zero-order valence-corrected chi connectivity index (χ0v) is 10.7. The smallest absolute Gasteiger partial charge is 0.0237 e. The van der Waals surface area contributed by atoms with Crippen LogP contribution in [0.1, 0.15) is 24.5 Å². The highest BCUT2D eigenvalue weighted by atomic mass is 15.1. The van der Waals surface area contributed by atoms with Gasteiger partial charge in [-0.1, -0.05) is 35.9 Å². The van der Waals surface area contributed by atoms with Crippen molar-refractivity contribution in [3.8, 4) is 0 Å². The number of benzene rings is 1. The van der Waals surface area contributed by atoms with Crippen molar-refractivity contribution in [2.45, 2.75) is 26.3 Å². The summed E-state index contributed by atoms with van der Waals surface area (Å²) >= 11 is 0. The molecular weight excluding hydrogens is 208 g/mol. The molecule has 0 atom stereocenters. The Bertz CT molecular complexity index is 378. The second kappa shape index (κ2) is 5.99. The van der Waals surface area contributed by atoms with E-state index in [1.807, 2.05) is 0 Å². The van der Waals surface area contributed by atoms with Gasteiger partial charge in [0.15, 0.2) is 0 Å². The molecule has 0 bridgehead atoms. The van der Waals surface area contributed by atoms with Crippen LogP contribution in [0.2, 0.25) is 0 Å². The first kappa shape index (κ1) is 12.3. The Hall–Kier alpha value is -1.12. The highest BCUT2D eigenvalue weighted by Gasteiger charge is 2.09. The number of rotatable bonds is 4. The minimum absolute atomic E-state index is 0.732. The lowest BCUT2D eigenvalue weighted by atomic mass is 10.1. The van der Waals surface area contributed by atoms with Crippen LogP contribution in [0.4, 0.5) is 0 Å². The lowest BCUT2D eigenvalue weighted by Gasteiger charge is -2.26. The maximum absolute atomic E-state index is 5.55. The van der Waals surface area contributed by atoms with Crippen LogP contribution < -0.4 is 5.73 Å². The van der Waals surface area contributed by atoms with E-state index < -0.39 is 0 Å². The van der Waals surface area contributed by atoms with Gasteiger partial charge in [0.05, 0.1) is 0 Å². The fraction of sp³-hybridized carbons (Fsp3) is 0.467. The van der Waals surface area contributed by atoms with E-state index in [-0.39, 0.29) is 0 Å². The second-order valence-electron chi connectivity index (χ2n) is 4.90. The summed E-state index contributed by atoms with van der Waals surface area (Å²) in [6.07, 6.45) is 4.52. The molecule has 0 amide bonds. The van der Waals surface area contributed by atoms with Gasteiger partial charge in [-0.2, -0.15) is 0 Å². The van der Waals surface area contributed by atoms with Gasteiger partial charge in [0.2, 0.25) is 0 Å². The van der Waals surface area contributed by atoms with Crippen molar-refractivity contribution in [2.75, 3.05) is 19.6 Å². The Balaban J connectivity index is 1.92. The van der Waals surface area contributed by atoms with Crippen molar-refractivity contribution in [3.63, 3.8) is 0 Å². The molecular formula is C15H22N2. The fourth-order valence-electron chi connectivity index (χ4n) is 2.36. The first-order valence-electron chi connectivity index (χ1n) is 6.44. The van der Waals surface area contributed by atoms with E-state index in [2.05, 4.69) is 42.2 Å². The van der Waals surface area contributed by atoms with Gasteiger partial charge in [0.1, 0.15) is 0 Å². The van der Waals surface area contributed by atoms with Crippen LogP contribution in [0.3, 0.4) is 0 Å². The molecule has 2 rings (SSSR count). The molecule has 0 fully saturated rings. The van der Waals surface area contributed by atoms with Gasteiger partial charge in [-0.3, -0.25) is 4.90 Å². The third kappa shape index (κ3) is 3.69. The van der Waals surface area contributed by atoms with E-state index in [4.69, 9.17) is 5.73 Å². The third-order valence-corrected chi connectivity index (χ3v) is 3.27. The Kier molecular flexibility index (Phi) is 4.35. The van der Waals surface area contributed by atoms with E-state index >= 15 is 0 Å². The minimum Gasteiger partial charge on any atom is -0.330 e. The third-order valence-electron chi connectivity index (χ3n) is 3.27. The Labute approximate surface area is 104 Å². The largest absolute Gasteiger partial charge is 0.330 e. The number of hydrogen-bond acceptors (Lipinski definition) is 2. The molecule has 2 N–H and O–H groups in total. The zero-order chi connectivity index (χ0) is 12.1. The monoisotopic (exact) mass is 230 g/mol. The molecule has 2 nitrogen and oxygen atoms in total. The van der Waals surface area contributed by atoms with Crippen molar-refractivity contribution in [2.24, 2.45) is 5.73 Å². The molecule has 2 heteroatoms. The van der Waals surface area contributed by atoms with E-state index in [9.17, 15) is 0 Å². The topological polar surface area (TPSA) is 29.3 Å². The average Bonchev–Trinajstić information content (AvgIpc) is 2.32. The average molecular weight is 230 g/mol. The van der Waals surface area contributed by atoms with Gasteiger partial charge in [-0.15, -0.1) is 0 Å². The van der Waals surface area contributed by atoms with Crippen LogP contribution in [0.15, 0.2) is 35.9 Å². The zero-order valence-electron chi connectivity index (χ0n) is 10.7. The summed E-state index contributed by atoms with van der Waals surface area (Å²) < 4.78 is 0. The van der Waals surface area contributed by atoms with Gasteiger partial charge in [0, 0.05) is 19.6 Å². The molecule has 17 heavy (non-hydrogen) atoms. The summed E-state index contributed by atoms with van der Waals surface area (Å²) in [5, 5.41) is 0. The number of nitrogens with two attached hydrogens (primary N) is 1. The molecule has 0 aliphatic carbocycles. The van der Waals surface area contributed by atoms with Crippen molar-refractivity contribution in [1.82, 2.24) is 4.90 Å². The van der Waals surface area contributed by atoms with Crippen LogP contribution in [0.5, 0.6) is 0 Å². The molecule has 92 valence electrons. The maximum atomic E-state index is 5.55. The van der Waals surface area contributed by atoms with Gasteiger partial charge in [-0.05, 0) is 37.4 Å². The molecule has 1 aliphatic rings. The summed E-state index contributed by atoms with van der Waals surface area (Å²) in [5.41, 5.74) is 9.79. The predicted octanol–water partition coefficient (Wildman–Crippen LogP) is 2.34. The van der Waals surface area contributed by atoms with Crippen LogP contribution in [0.25, 0.3) is 0 Å². The van der Waals surface area contributed by atoms with Crippen molar-refractivity contribution < 1.29 is 0 Å². The molecule has 1 aliphatic heterocycles. The molecule has 0 saturated heterocycles. The summed E-state index contributed by atoms with van der Waals surface area (Å²) in [6, 6.07) is 8.88. The Morgan fingerprint density at radius 3 is 2.53 bits per heavy atom.